The van der Waals surface area contributed by atoms with Crippen molar-refractivity contribution in [1.29, 1.82) is 0 Å². The third-order valence-corrected chi connectivity index (χ3v) is 5.94. The van der Waals surface area contributed by atoms with Crippen molar-refractivity contribution in [3.05, 3.63) is 57.6 Å². The molecule has 1 aromatic heterocycles. The van der Waals surface area contributed by atoms with Gasteiger partial charge in [-0.25, -0.2) is 4.98 Å². The minimum atomic E-state index is -0.559. The van der Waals surface area contributed by atoms with E-state index in [-0.39, 0.29) is 22.9 Å². The SMILES string of the molecule is O=C(CCCSc1nc2ccccc2s1)Oc1ccc([N+](=O)[O-])cc1Cl. The zero-order chi connectivity index (χ0) is 18.5. The van der Waals surface area contributed by atoms with Crippen molar-refractivity contribution in [3.8, 4) is 5.75 Å². The topological polar surface area (TPSA) is 82.3 Å². The Kier molecular flexibility index (Phi) is 6.08. The van der Waals surface area contributed by atoms with Crippen LogP contribution in [-0.2, 0) is 4.79 Å². The average Bonchev–Trinajstić information content (AvgIpc) is 3.03. The first-order valence-electron chi connectivity index (χ1n) is 7.66. The monoisotopic (exact) mass is 408 g/mol. The molecule has 26 heavy (non-hydrogen) atoms. The van der Waals surface area contributed by atoms with Crippen LogP contribution in [-0.4, -0.2) is 21.6 Å². The van der Waals surface area contributed by atoms with Crippen molar-refractivity contribution in [3.63, 3.8) is 0 Å². The third kappa shape index (κ3) is 4.72. The Morgan fingerprint density at radius 2 is 2.12 bits per heavy atom. The van der Waals surface area contributed by atoms with Crippen LogP contribution in [0.25, 0.3) is 10.2 Å². The number of carbonyl (C=O) groups is 1. The molecular formula is C17H13ClN2O4S2. The standard InChI is InChI=1S/C17H13ClN2O4S2/c18-12-10-11(20(22)23)7-8-14(12)24-16(21)6-3-9-25-17-19-13-4-1-2-5-15(13)26-17/h1-2,4-5,7-8,10H,3,6,9H2. The minimum absolute atomic E-state index is 0.0383. The second-order valence-electron chi connectivity index (χ2n) is 5.25. The molecule has 1 heterocycles. The molecule has 0 aliphatic carbocycles. The van der Waals surface area contributed by atoms with Crippen molar-refractivity contribution in [2.75, 3.05) is 5.75 Å². The van der Waals surface area contributed by atoms with Gasteiger partial charge < -0.3 is 4.74 Å². The summed E-state index contributed by atoms with van der Waals surface area (Å²) in [6.07, 6.45) is 0.856. The molecule has 0 radical (unpaired) electrons. The first kappa shape index (κ1) is 18.6. The number of fused-ring (bicyclic) bond motifs is 1. The van der Waals surface area contributed by atoms with Gasteiger partial charge in [0.05, 0.1) is 20.2 Å². The number of thioether (sulfide) groups is 1. The number of para-hydroxylation sites is 1. The van der Waals surface area contributed by atoms with Gasteiger partial charge in [-0.2, -0.15) is 0 Å². The lowest BCUT2D eigenvalue weighted by molar-refractivity contribution is -0.384. The predicted molar refractivity (Wildman–Crippen MR) is 103 cm³/mol. The summed E-state index contributed by atoms with van der Waals surface area (Å²) < 4.78 is 7.28. The highest BCUT2D eigenvalue weighted by atomic mass is 35.5. The molecule has 3 aromatic rings. The van der Waals surface area contributed by atoms with Crippen LogP contribution in [0, 0.1) is 10.1 Å². The number of esters is 1. The number of rotatable bonds is 7. The first-order valence-corrected chi connectivity index (χ1v) is 9.84. The normalized spacial score (nSPS) is 10.8. The zero-order valence-corrected chi connectivity index (χ0v) is 15.8. The van der Waals surface area contributed by atoms with Crippen LogP contribution in [0.5, 0.6) is 5.75 Å². The maximum Gasteiger partial charge on any atom is 0.311 e. The first-order chi connectivity index (χ1) is 12.5. The van der Waals surface area contributed by atoms with Gasteiger partial charge in [0.25, 0.3) is 5.69 Å². The number of ether oxygens (including phenoxy) is 1. The molecule has 2 aromatic carbocycles. The van der Waals surface area contributed by atoms with E-state index in [1.807, 2.05) is 24.3 Å². The van der Waals surface area contributed by atoms with Crippen molar-refractivity contribution in [2.45, 2.75) is 17.2 Å². The lowest BCUT2D eigenvalue weighted by Gasteiger charge is -2.05. The highest BCUT2D eigenvalue weighted by Gasteiger charge is 2.13. The molecule has 0 amide bonds. The van der Waals surface area contributed by atoms with Crippen molar-refractivity contribution < 1.29 is 14.5 Å². The van der Waals surface area contributed by atoms with Gasteiger partial charge in [-0.15, -0.1) is 11.3 Å². The molecule has 0 unspecified atom stereocenters. The fourth-order valence-corrected chi connectivity index (χ4v) is 4.44. The molecule has 0 atom stereocenters. The molecule has 0 aliphatic heterocycles. The van der Waals surface area contributed by atoms with E-state index in [0.717, 1.165) is 26.4 Å². The van der Waals surface area contributed by atoms with Crippen LogP contribution in [0.2, 0.25) is 5.02 Å². The van der Waals surface area contributed by atoms with Gasteiger partial charge in [-0.1, -0.05) is 35.5 Å². The minimum Gasteiger partial charge on any atom is -0.425 e. The van der Waals surface area contributed by atoms with Crippen LogP contribution in [0.3, 0.4) is 0 Å². The number of nitro benzene ring substituents is 1. The Morgan fingerprint density at radius 1 is 1.31 bits per heavy atom. The maximum atomic E-state index is 11.9. The lowest BCUT2D eigenvalue weighted by Crippen LogP contribution is -2.08. The molecule has 0 saturated heterocycles. The molecule has 0 saturated carbocycles. The molecule has 0 fully saturated rings. The fraction of sp³-hybridized carbons (Fsp3) is 0.176. The number of nitro groups is 1. The Bertz CT molecular complexity index is 928. The summed E-state index contributed by atoms with van der Waals surface area (Å²) in [5.74, 6) is 0.440. The van der Waals surface area contributed by atoms with Gasteiger partial charge in [-0.05, 0) is 24.6 Å². The predicted octanol–water partition coefficient (Wildman–Crippen LogP) is 5.34. The van der Waals surface area contributed by atoms with Gasteiger partial charge in [0.1, 0.15) is 5.75 Å². The van der Waals surface area contributed by atoms with Crippen LogP contribution in [0.15, 0.2) is 46.8 Å². The number of halogens is 1. The van der Waals surface area contributed by atoms with Gasteiger partial charge >= 0.3 is 5.97 Å². The molecule has 0 spiro atoms. The summed E-state index contributed by atoms with van der Waals surface area (Å²) in [6.45, 7) is 0. The van der Waals surface area contributed by atoms with Crippen LogP contribution in [0.1, 0.15) is 12.8 Å². The van der Waals surface area contributed by atoms with Crippen LogP contribution in [0.4, 0.5) is 5.69 Å². The lowest BCUT2D eigenvalue weighted by atomic mass is 10.3. The highest BCUT2D eigenvalue weighted by Crippen LogP contribution is 2.31. The molecule has 3 rings (SSSR count). The summed E-state index contributed by atoms with van der Waals surface area (Å²) >= 11 is 9.13. The van der Waals surface area contributed by atoms with Crippen LogP contribution < -0.4 is 4.74 Å². The fourth-order valence-electron chi connectivity index (χ4n) is 2.15. The average molecular weight is 409 g/mol. The molecule has 6 nitrogen and oxygen atoms in total. The van der Waals surface area contributed by atoms with Gasteiger partial charge in [0.2, 0.25) is 0 Å². The van der Waals surface area contributed by atoms with E-state index < -0.39 is 10.9 Å². The van der Waals surface area contributed by atoms with E-state index in [1.165, 1.54) is 12.1 Å². The second kappa shape index (κ2) is 8.48. The van der Waals surface area contributed by atoms with Crippen molar-refractivity contribution >= 4 is 56.6 Å². The van der Waals surface area contributed by atoms with E-state index in [9.17, 15) is 14.9 Å². The molecule has 0 bridgehead atoms. The maximum absolute atomic E-state index is 11.9. The van der Waals surface area contributed by atoms with Gasteiger partial charge in [-0.3, -0.25) is 14.9 Å². The zero-order valence-electron chi connectivity index (χ0n) is 13.4. The van der Waals surface area contributed by atoms with E-state index in [0.29, 0.717) is 6.42 Å². The second-order valence-corrected chi connectivity index (χ2v) is 8.03. The quantitative estimate of drug-likeness (QED) is 0.131. The Morgan fingerprint density at radius 3 is 2.85 bits per heavy atom. The summed E-state index contributed by atoms with van der Waals surface area (Å²) in [5.41, 5.74) is 0.828. The number of thiazole rings is 1. The van der Waals surface area contributed by atoms with Crippen LogP contribution >= 0.6 is 34.7 Å². The van der Waals surface area contributed by atoms with E-state index in [1.54, 1.807) is 23.1 Å². The smallest absolute Gasteiger partial charge is 0.311 e. The molecule has 134 valence electrons. The number of benzene rings is 2. The van der Waals surface area contributed by atoms with Gasteiger partial charge in [0.15, 0.2) is 4.34 Å². The van der Waals surface area contributed by atoms with E-state index in [2.05, 4.69) is 4.98 Å². The Labute approximate surface area is 162 Å². The number of carbonyl (C=O) groups excluding carboxylic acids is 1. The number of hydrogen-bond acceptors (Lipinski definition) is 7. The summed E-state index contributed by atoms with van der Waals surface area (Å²) in [7, 11) is 0. The number of aromatic nitrogens is 1. The summed E-state index contributed by atoms with van der Waals surface area (Å²) in [6, 6.07) is 11.7. The Hall–Kier alpha value is -2.16. The Balaban J connectivity index is 1.46. The summed E-state index contributed by atoms with van der Waals surface area (Å²) in [5, 5.41) is 10.7. The largest absolute Gasteiger partial charge is 0.425 e. The summed E-state index contributed by atoms with van der Waals surface area (Å²) in [4.78, 5) is 26.5. The van der Waals surface area contributed by atoms with E-state index >= 15 is 0 Å². The van der Waals surface area contributed by atoms with Gasteiger partial charge in [0, 0.05) is 24.3 Å². The third-order valence-electron chi connectivity index (χ3n) is 3.38. The number of non-ortho nitro benzene ring substituents is 1. The molecule has 0 N–H and O–H groups in total. The molecular weight excluding hydrogens is 396 g/mol. The van der Waals surface area contributed by atoms with E-state index in [4.69, 9.17) is 16.3 Å². The number of hydrogen-bond donors (Lipinski definition) is 0. The molecule has 9 heteroatoms. The highest BCUT2D eigenvalue weighted by molar-refractivity contribution is 8.01. The number of nitrogens with zero attached hydrogens (tertiary/aromatic N) is 2. The van der Waals surface area contributed by atoms with Crippen molar-refractivity contribution in [2.24, 2.45) is 0 Å². The van der Waals surface area contributed by atoms with Crippen molar-refractivity contribution in [1.82, 2.24) is 4.98 Å². The molecule has 0 aliphatic rings.